The van der Waals surface area contributed by atoms with Gasteiger partial charge in [-0.3, -0.25) is 4.79 Å². The number of benzene rings is 2. The Morgan fingerprint density at radius 2 is 1.93 bits per heavy atom. The monoisotopic (exact) mass is 410 g/mol. The second-order valence-corrected chi connectivity index (χ2v) is 7.53. The third-order valence-electron chi connectivity index (χ3n) is 4.43. The zero-order valence-electron chi connectivity index (χ0n) is 16.8. The zero-order valence-corrected chi connectivity index (χ0v) is 17.6. The zero-order chi connectivity index (χ0) is 20.5. The van der Waals surface area contributed by atoms with Gasteiger partial charge in [0.25, 0.3) is 0 Å². The van der Waals surface area contributed by atoms with Crippen LogP contribution in [0.25, 0.3) is 0 Å². The largest absolute Gasteiger partial charge is 0.493 e. The lowest BCUT2D eigenvalue weighted by atomic mass is 10.1. The van der Waals surface area contributed by atoms with Crippen molar-refractivity contribution in [3.05, 3.63) is 75.7 Å². The lowest BCUT2D eigenvalue weighted by Crippen LogP contribution is -2.23. The third kappa shape index (κ3) is 6.32. The predicted octanol–water partition coefficient (Wildman–Crippen LogP) is 4.39. The number of hydrogen-bond acceptors (Lipinski definition) is 5. The van der Waals surface area contributed by atoms with E-state index in [1.807, 2.05) is 48.7 Å². The van der Waals surface area contributed by atoms with Gasteiger partial charge in [-0.2, -0.15) is 0 Å². The number of hydrogen-bond donors (Lipinski definition) is 1. The van der Waals surface area contributed by atoms with Gasteiger partial charge in [0.2, 0.25) is 5.91 Å². The molecule has 6 heteroatoms. The molecule has 5 nitrogen and oxygen atoms in total. The van der Waals surface area contributed by atoms with E-state index in [4.69, 9.17) is 9.47 Å². The fraction of sp³-hybridized carbons (Fsp3) is 0.304. The van der Waals surface area contributed by atoms with E-state index in [-0.39, 0.29) is 5.91 Å². The van der Waals surface area contributed by atoms with Gasteiger partial charge in [0.1, 0.15) is 0 Å². The number of methoxy groups -OCH3 is 1. The summed E-state index contributed by atoms with van der Waals surface area (Å²) in [6, 6.07) is 16.0. The summed E-state index contributed by atoms with van der Waals surface area (Å²) in [5, 5.41) is 6.02. The first-order valence-electron chi connectivity index (χ1n) is 9.71. The Labute approximate surface area is 175 Å². The molecule has 3 rings (SSSR count). The van der Waals surface area contributed by atoms with Crippen LogP contribution in [-0.2, 0) is 24.2 Å². The molecule has 1 amide bonds. The van der Waals surface area contributed by atoms with E-state index < -0.39 is 0 Å². The molecule has 1 heterocycles. The number of nitrogens with one attached hydrogen (secondary N) is 1. The second-order valence-electron chi connectivity index (χ2n) is 6.59. The Kier molecular flexibility index (Phi) is 7.64. The molecule has 0 unspecified atom stereocenters. The molecule has 0 saturated heterocycles. The molecule has 0 aliphatic carbocycles. The van der Waals surface area contributed by atoms with Gasteiger partial charge in [-0.25, -0.2) is 4.98 Å². The van der Waals surface area contributed by atoms with Crippen molar-refractivity contribution in [2.24, 2.45) is 0 Å². The summed E-state index contributed by atoms with van der Waals surface area (Å²) in [6.07, 6.45) is 1.88. The first-order chi connectivity index (χ1) is 14.2. The molecule has 0 saturated carbocycles. The minimum Gasteiger partial charge on any atom is -0.493 e. The van der Waals surface area contributed by atoms with Gasteiger partial charge >= 0.3 is 0 Å². The number of amides is 1. The number of carbonyl (C=O) groups is 1. The molecule has 0 atom stereocenters. The standard InChI is InChI=1S/C23H26N2O3S/c1-3-28-20-11-9-18(13-21(20)27-2)10-12-22(26)24-15-19-16-29-23(25-19)14-17-7-5-4-6-8-17/h4-9,11,13,16H,3,10,12,14-15H2,1-2H3,(H,24,26). The minimum absolute atomic E-state index is 0.00969. The number of rotatable bonds is 10. The molecule has 3 aromatic rings. The molecule has 1 aromatic heterocycles. The molecule has 2 aromatic carbocycles. The average molecular weight is 411 g/mol. The van der Waals surface area contributed by atoms with Crippen molar-refractivity contribution in [3.63, 3.8) is 0 Å². The number of aryl methyl sites for hydroxylation is 1. The van der Waals surface area contributed by atoms with Gasteiger partial charge in [0.05, 0.1) is 31.0 Å². The summed E-state index contributed by atoms with van der Waals surface area (Å²) in [5.41, 5.74) is 3.18. The minimum atomic E-state index is 0.00969. The summed E-state index contributed by atoms with van der Waals surface area (Å²) in [4.78, 5) is 16.8. The van der Waals surface area contributed by atoms with Crippen LogP contribution in [0.4, 0.5) is 0 Å². The van der Waals surface area contributed by atoms with Crippen molar-refractivity contribution in [3.8, 4) is 11.5 Å². The second kappa shape index (κ2) is 10.6. The van der Waals surface area contributed by atoms with Crippen molar-refractivity contribution >= 4 is 17.2 Å². The highest BCUT2D eigenvalue weighted by atomic mass is 32.1. The number of carbonyl (C=O) groups excluding carboxylic acids is 1. The van der Waals surface area contributed by atoms with E-state index in [9.17, 15) is 4.79 Å². The first-order valence-corrected chi connectivity index (χ1v) is 10.6. The fourth-order valence-electron chi connectivity index (χ4n) is 2.96. The van der Waals surface area contributed by atoms with Gasteiger partial charge < -0.3 is 14.8 Å². The molecule has 0 fully saturated rings. The summed E-state index contributed by atoms with van der Waals surface area (Å²) < 4.78 is 10.9. The van der Waals surface area contributed by atoms with E-state index >= 15 is 0 Å². The molecule has 1 N–H and O–H groups in total. The van der Waals surface area contributed by atoms with Crippen LogP contribution in [0.2, 0.25) is 0 Å². The lowest BCUT2D eigenvalue weighted by molar-refractivity contribution is -0.121. The van der Waals surface area contributed by atoms with Crippen molar-refractivity contribution in [1.82, 2.24) is 10.3 Å². The van der Waals surface area contributed by atoms with Crippen LogP contribution in [0, 0.1) is 0 Å². The van der Waals surface area contributed by atoms with Crippen LogP contribution >= 0.6 is 11.3 Å². The predicted molar refractivity (Wildman–Crippen MR) is 116 cm³/mol. The van der Waals surface area contributed by atoms with E-state index in [1.165, 1.54) is 5.56 Å². The van der Waals surface area contributed by atoms with E-state index in [1.54, 1.807) is 18.4 Å². The normalized spacial score (nSPS) is 10.6. The molecular formula is C23H26N2O3S. The molecule has 29 heavy (non-hydrogen) atoms. The Morgan fingerprint density at radius 3 is 2.69 bits per heavy atom. The Hall–Kier alpha value is -2.86. The SMILES string of the molecule is CCOc1ccc(CCC(=O)NCc2csc(Cc3ccccc3)n2)cc1OC. The summed E-state index contributed by atoms with van der Waals surface area (Å²) >= 11 is 1.63. The van der Waals surface area contributed by atoms with Crippen molar-refractivity contribution < 1.29 is 14.3 Å². The smallest absolute Gasteiger partial charge is 0.220 e. The first kappa shape index (κ1) is 20.9. The van der Waals surface area contributed by atoms with Crippen LogP contribution in [-0.4, -0.2) is 24.6 Å². The Balaban J connectivity index is 1.46. The molecule has 0 aliphatic rings. The number of aromatic nitrogens is 1. The maximum absolute atomic E-state index is 12.2. The Bertz CT molecular complexity index is 925. The molecular weight excluding hydrogens is 384 g/mol. The topological polar surface area (TPSA) is 60.5 Å². The molecule has 0 bridgehead atoms. The van der Waals surface area contributed by atoms with Gasteiger partial charge in [0, 0.05) is 18.2 Å². The maximum Gasteiger partial charge on any atom is 0.220 e. The lowest BCUT2D eigenvalue weighted by Gasteiger charge is -2.11. The summed E-state index contributed by atoms with van der Waals surface area (Å²) in [7, 11) is 1.62. The molecule has 152 valence electrons. The highest BCUT2D eigenvalue weighted by molar-refractivity contribution is 7.09. The molecule has 0 aliphatic heterocycles. The number of nitrogens with zero attached hydrogens (tertiary/aromatic N) is 1. The van der Waals surface area contributed by atoms with Crippen LogP contribution in [0.5, 0.6) is 11.5 Å². The molecule has 0 spiro atoms. The van der Waals surface area contributed by atoms with Crippen molar-refractivity contribution in [2.75, 3.05) is 13.7 Å². The van der Waals surface area contributed by atoms with Crippen LogP contribution in [0.1, 0.15) is 35.2 Å². The van der Waals surface area contributed by atoms with Gasteiger partial charge in [-0.1, -0.05) is 36.4 Å². The molecule has 0 radical (unpaired) electrons. The van der Waals surface area contributed by atoms with E-state index in [2.05, 4.69) is 22.4 Å². The highest BCUT2D eigenvalue weighted by Crippen LogP contribution is 2.28. The van der Waals surface area contributed by atoms with E-state index in [0.29, 0.717) is 31.7 Å². The van der Waals surface area contributed by atoms with Gasteiger partial charge in [-0.05, 0) is 36.6 Å². The Morgan fingerprint density at radius 1 is 1.10 bits per heavy atom. The van der Waals surface area contributed by atoms with E-state index in [0.717, 1.165) is 28.4 Å². The maximum atomic E-state index is 12.2. The van der Waals surface area contributed by atoms with Gasteiger partial charge in [-0.15, -0.1) is 11.3 Å². The van der Waals surface area contributed by atoms with Crippen molar-refractivity contribution in [2.45, 2.75) is 32.7 Å². The third-order valence-corrected chi connectivity index (χ3v) is 5.33. The fourth-order valence-corrected chi connectivity index (χ4v) is 3.79. The average Bonchev–Trinajstić information content (AvgIpc) is 3.19. The number of ether oxygens (including phenoxy) is 2. The van der Waals surface area contributed by atoms with Crippen LogP contribution in [0.15, 0.2) is 53.9 Å². The quantitative estimate of drug-likeness (QED) is 0.538. The number of thiazole rings is 1. The van der Waals surface area contributed by atoms with Crippen LogP contribution in [0.3, 0.4) is 0 Å². The summed E-state index contributed by atoms with van der Waals surface area (Å²) in [6.45, 7) is 2.98. The van der Waals surface area contributed by atoms with Crippen LogP contribution < -0.4 is 14.8 Å². The highest BCUT2D eigenvalue weighted by Gasteiger charge is 2.09. The van der Waals surface area contributed by atoms with Gasteiger partial charge in [0.15, 0.2) is 11.5 Å². The van der Waals surface area contributed by atoms with Crippen molar-refractivity contribution in [1.29, 1.82) is 0 Å². The summed E-state index contributed by atoms with van der Waals surface area (Å²) in [5.74, 6) is 1.42.